The van der Waals surface area contributed by atoms with Gasteiger partial charge >= 0.3 is 0 Å². The van der Waals surface area contributed by atoms with E-state index in [1.165, 1.54) is 17.5 Å². The van der Waals surface area contributed by atoms with E-state index in [-0.39, 0.29) is 0 Å². The van der Waals surface area contributed by atoms with Crippen LogP contribution in [0.5, 0.6) is 0 Å². The molecule has 1 aromatic rings. The Balaban J connectivity index is 2.48. The van der Waals surface area contributed by atoms with Crippen LogP contribution in [0.2, 0.25) is 0 Å². The van der Waals surface area contributed by atoms with E-state index in [0.29, 0.717) is 12.6 Å². The van der Waals surface area contributed by atoms with Crippen molar-refractivity contribution < 1.29 is 4.74 Å². The molecule has 20 heavy (non-hydrogen) atoms. The second-order valence-electron chi connectivity index (χ2n) is 6.22. The summed E-state index contributed by atoms with van der Waals surface area (Å²) >= 11 is 0. The van der Waals surface area contributed by atoms with Crippen molar-refractivity contribution >= 4 is 0 Å². The third-order valence-electron chi connectivity index (χ3n) is 3.27. The van der Waals surface area contributed by atoms with Crippen LogP contribution in [-0.2, 0) is 17.9 Å². The Hall–Kier alpha value is -0.900. The van der Waals surface area contributed by atoms with Gasteiger partial charge in [0.2, 0.25) is 0 Å². The van der Waals surface area contributed by atoms with Gasteiger partial charge in [0.25, 0.3) is 0 Å². The maximum absolute atomic E-state index is 5.13. The van der Waals surface area contributed by atoms with Crippen LogP contribution < -0.4 is 5.32 Å². The summed E-state index contributed by atoms with van der Waals surface area (Å²) in [6, 6.07) is 9.20. The number of benzene rings is 1. The van der Waals surface area contributed by atoms with E-state index in [0.717, 1.165) is 19.0 Å². The second kappa shape index (κ2) is 9.11. The van der Waals surface area contributed by atoms with E-state index in [4.69, 9.17) is 4.74 Å². The van der Waals surface area contributed by atoms with Gasteiger partial charge in [-0.05, 0) is 37.6 Å². The van der Waals surface area contributed by atoms with Gasteiger partial charge in [0.1, 0.15) is 0 Å². The van der Waals surface area contributed by atoms with Crippen molar-refractivity contribution in [1.29, 1.82) is 0 Å². The molecule has 1 aromatic carbocycles. The lowest BCUT2D eigenvalue weighted by molar-refractivity contribution is 0.185. The van der Waals surface area contributed by atoms with Crippen LogP contribution in [0.15, 0.2) is 24.3 Å². The molecule has 3 heteroatoms. The van der Waals surface area contributed by atoms with Gasteiger partial charge in [-0.1, -0.05) is 38.1 Å². The average molecular weight is 278 g/mol. The second-order valence-corrected chi connectivity index (χ2v) is 6.22. The van der Waals surface area contributed by atoms with Gasteiger partial charge in [-0.25, -0.2) is 0 Å². The van der Waals surface area contributed by atoms with Crippen LogP contribution in [0, 0.1) is 5.92 Å². The number of nitrogens with one attached hydrogen (secondary N) is 1. The highest BCUT2D eigenvalue weighted by Gasteiger charge is 2.11. The molecule has 0 aliphatic heterocycles. The van der Waals surface area contributed by atoms with E-state index in [1.807, 2.05) is 0 Å². The minimum absolute atomic E-state index is 0.545. The predicted molar refractivity (Wildman–Crippen MR) is 85.8 cm³/mol. The summed E-state index contributed by atoms with van der Waals surface area (Å²) in [5.74, 6) is 0.719. The van der Waals surface area contributed by atoms with Crippen LogP contribution >= 0.6 is 0 Å². The molecule has 0 aliphatic rings. The first-order valence-corrected chi connectivity index (χ1v) is 7.46. The first kappa shape index (κ1) is 17.2. The van der Waals surface area contributed by atoms with E-state index >= 15 is 0 Å². The van der Waals surface area contributed by atoms with Crippen LogP contribution in [-0.4, -0.2) is 38.7 Å². The minimum atomic E-state index is 0.545. The molecule has 1 rings (SSSR count). The summed E-state index contributed by atoms with van der Waals surface area (Å²) in [7, 11) is 6.00. The Morgan fingerprint density at radius 2 is 1.70 bits per heavy atom. The molecule has 0 bridgehead atoms. The average Bonchev–Trinajstić information content (AvgIpc) is 2.36. The van der Waals surface area contributed by atoms with Crippen molar-refractivity contribution in [2.24, 2.45) is 5.92 Å². The van der Waals surface area contributed by atoms with E-state index in [9.17, 15) is 0 Å². The van der Waals surface area contributed by atoms with Crippen molar-refractivity contribution in [2.75, 3.05) is 27.7 Å². The van der Waals surface area contributed by atoms with Crippen molar-refractivity contribution in [3.63, 3.8) is 0 Å². The van der Waals surface area contributed by atoms with Crippen LogP contribution in [0.25, 0.3) is 0 Å². The number of hydrogen-bond donors (Lipinski definition) is 1. The normalized spacial score (nSPS) is 13.2. The molecular formula is C17H30N2O. The molecule has 0 saturated heterocycles. The minimum Gasteiger partial charge on any atom is -0.380 e. The molecule has 3 nitrogen and oxygen atoms in total. The van der Waals surface area contributed by atoms with Crippen LogP contribution in [0.3, 0.4) is 0 Å². The van der Waals surface area contributed by atoms with Gasteiger partial charge in [0, 0.05) is 26.2 Å². The topological polar surface area (TPSA) is 24.5 Å². The zero-order valence-corrected chi connectivity index (χ0v) is 13.6. The molecule has 0 spiro atoms. The number of ether oxygens (including phenoxy) is 1. The van der Waals surface area contributed by atoms with Crippen molar-refractivity contribution in [2.45, 2.75) is 39.5 Å². The summed E-state index contributed by atoms with van der Waals surface area (Å²) in [4.78, 5) is 2.25. The quantitative estimate of drug-likeness (QED) is 0.751. The van der Waals surface area contributed by atoms with Gasteiger partial charge in [0.15, 0.2) is 0 Å². The standard InChI is InChI=1S/C17H30N2O/c1-14(2)10-17(12-19(3)4)18-11-15-6-8-16(9-7-15)13-20-5/h6-9,14,17-18H,10-13H2,1-5H3. The molecule has 0 amide bonds. The smallest absolute Gasteiger partial charge is 0.0713 e. The van der Waals surface area contributed by atoms with E-state index in [2.05, 4.69) is 62.4 Å². The number of likely N-dealkylation sites (N-methyl/N-ethyl adjacent to an activating group) is 1. The summed E-state index contributed by atoms with van der Waals surface area (Å²) in [5, 5.41) is 3.68. The van der Waals surface area contributed by atoms with E-state index in [1.54, 1.807) is 7.11 Å². The molecule has 1 unspecified atom stereocenters. The predicted octanol–water partition coefficient (Wildman–Crippen LogP) is 2.90. The van der Waals surface area contributed by atoms with Crippen molar-refractivity contribution in [1.82, 2.24) is 10.2 Å². The Morgan fingerprint density at radius 3 is 2.20 bits per heavy atom. The Bertz CT molecular complexity index is 350. The van der Waals surface area contributed by atoms with Gasteiger partial charge < -0.3 is 15.0 Å². The molecular weight excluding hydrogens is 248 g/mol. The summed E-state index contributed by atoms with van der Waals surface area (Å²) in [6.07, 6.45) is 1.21. The first-order valence-electron chi connectivity index (χ1n) is 7.46. The highest BCUT2D eigenvalue weighted by Crippen LogP contribution is 2.09. The van der Waals surface area contributed by atoms with Crippen molar-refractivity contribution in [3.05, 3.63) is 35.4 Å². The maximum Gasteiger partial charge on any atom is 0.0713 e. The molecule has 0 saturated carbocycles. The fourth-order valence-corrected chi connectivity index (χ4v) is 2.41. The third-order valence-corrected chi connectivity index (χ3v) is 3.27. The highest BCUT2D eigenvalue weighted by atomic mass is 16.5. The molecule has 114 valence electrons. The molecule has 0 radical (unpaired) electrons. The number of nitrogens with zero attached hydrogens (tertiary/aromatic N) is 1. The lowest BCUT2D eigenvalue weighted by Crippen LogP contribution is -2.38. The first-order chi connectivity index (χ1) is 9.51. The monoisotopic (exact) mass is 278 g/mol. The Morgan fingerprint density at radius 1 is 1.10 bits per heavy atom. The van der Waals surface area contributed by atoms with Gasteiger partial charge in [0.05, 0.1) is 6.61 Å². The Labute approximate surface area is 124 Å². The van der Waals surface area contributed by atoms with Crippen molar-refractivity contribution in [3.8, 4) is 0 Å². The Kier molecular flexibility index (Phi) is 7.82. The van der Waals surface area contributed by atoms with Crippen LogP contribution in [0.1, 0.15) is 31.4 Å². The number of methoxy groups -OCH3 is 1. The fourth-order valence-electron chi connectivity index (χ4n) is 2.41. The summed E-state index contributed by atoms with van der Waals surface area (Å²) in [5.41, 5.74) is 2.56. The maximum atomic E-state index is 5.13. The van der Waals surface area contributed by atoms with Crippen LogP contribution in [0.4, 0.5) is 0 Å². The molecule has 1 atom stereocenters. The molecule has 0 fully saturated rings. The number of rotatable bonds is 9. The largest absolute Gasteiger partial charge is 0.380 e. The molecule has 0 heterocycles. The summed E-state index contributed by atoms with van der Waals surface area (Å²) in [6.45, 7) is 7.26. The van der Waals surface area contributed by atoms with Gasteiger partial charge in [-0.15, -0.1) is 0 Å². The van der Waals surface area contributed by atoms with Gasteiger partial charge in [-0.3, -0.25) is 0 Å². The van der Waals surface area contributed by atoms with E-state index < -0.39 is 0 Å². The zero-order valence-electron chi connectivity index (χ0n) is 13.6. The SMILES string of the molecule is COCc1ccc(CNC(CC(C)C)CN(C)C)cc1. The number of hydrogen-bond acceptors (Lipinski definition) is 3. The molecule has 0 aliphatic carbocycles. The molecule has 0 aromatic heterocycles. The highest BCUT2D eigenvalue weighted by molar-refractivity contribution is 5.22. The lowest BCUT2D eigenvalue weighted by atomic mass is 10.0. The fraction of sp³-hybridized carbons (Fsp3) is 0.647. The third kappa shape index (κ3) is 7.04. The zero-order chi connectivity index (χ0) is 15.0. The molecule has 1 N–H and O–H groups in total. The summed E-state index contributed by atoms with van der Waals surface area (Å²) < 4.78 is 5.13. The lowest BCUT2D eigenvalue weighted by Gasteiger charge is -2.24. The van der Waals surface area contributed by atoms with Gasteiger partial charge in [-0.2, -0.15) is 0 Å².